The molecule has 3 heterocycles. The lowest BCUT2D eigenvalue weighted by molar-refractivity contribution is 0.455. The molecule has 0 aliphatic carbocycles. The molecule has 172 valence electrons. The van der Waals surface area contributed by atoms with Gasteiger partial charge in [-0.15, -0.1) is 5.10 Å². The van der Waals surface area contributed by atoms with Crippen LogP contribution in [0.2, 0.25) is 5.02 Å². The van der Waals surface area contributed by atoms with E-state index in [2.05, 4.69) is 15.1 Å². The third kappa shape index (κ3) is 4.09. The maximum absolute atomic E-state index is 13.0. The third-order valence-corrected chi connectivity index (χ3v) is 7.08. The highest BCUT2D eigenvalue weighted by Crippen LogP contribution is 2.32. The summed E-state index contributed by atoms with van der Waals surface area (Å²) < 4.78 is 34.6. The smallest absolute Gasteiger partial charge is 0.267 e. The number of fused-ring (bicyclic) bond motifs is 1. The summed E-state index contributed by atoms with van der Waals surface area (Å²) >= 11 is 6.06. The number of halogens is 1. The number of ether oxygens (including phenoxy) is 1. The lowest BCUT2D eigenvalue weighted by Gasteiger charge is -2.06. The van der Waals surface area contributed by atoms with Crippen molar-refractivity contribution in [2.75, 3.05) is 5.73 Å². The Labute approximate surface area is 200 Å². The lowest BCUT2D eigenvalue weighted by atomic mass is 10.2. The lowest BCUT2D eigenvalue weighted by Crippen LogP contribution is -2.11. The first-order chi connectivity index (χ1) is 16.3. The predicted octanol–water partition coefficient (Wildman–Crippen LogP) is 4.25. The van der Waals surface area contributed by atoms with Gasteiger partial charge in [-0.2, -0.15) is 0 Å². The molecule has 3 aromatic heterocycles. The Morgan fingerprint density at radius 3 is 2.65 bits per heavy atom. The van der Waals surface area contributed by atoms with Crippen LogP contribution in [0.25, 0.3) is 11.0 Å². The van der Waals surface area contributed by atoms with E-state index in [0.29, 0.717) is 27.4 Å². The first-order valence-electron chi connectivity index (χ1n) is 10.2. The second kappa shape index (κ2) is 8.47. The minimum Gasteiger partial charge on any atom is -0.437 e. The Morgan fingerprint density at radius 1 is 1.09 bits per heavy atom. The average molecular weight is 495 g/mol. The number of rotatable bonds is 6. The van der Waals surface area contributed by atoms with Gasteiger partial charge in [0, 0.05) is 17.4 Å². The second-order valence-electron chi connectivity index (χ2n) is 7.65. The maximum Gasteiger partial charge on any atom is 0.267 e. The van der Waals surface area contributed by atoms with E-state index in [9.17, 15) is 8.42 Å². The molecule has 11 heteroatoms. The van der Waals surface area contributed by atoms with Crippen LogP contribution in [0.15, 0.2) is 78.2 Å². The molecule has 0 amide bonds. The van der Waals surface area contributed by atoms with E-state index < -0.39 is 10.0 Å². The fourth-order valence-electron chi connectivity index (χ4n) is 3.49. The molecule has 0 fully saturated rings. The molecule has 0 radical (unpaired) electrons. The van der Waals surface area contributed by atoms with Gasteiger partial charge in [0.2, 0.25) is 0 Å². The zero-order valence-corrected chi connectivity index (χ0v) is 19.5. The highest BCUT2D eigenvalue weighted by Gasteiger charge is 2.20. The Kier molecular flexibility index (Phi) is 5.46. The summed E-state index contributed by atoms with van der Waals surface area (Å²) in [5.74, 6) is 0.924. The van der Waals surface area contributed by atoms with Crippen molar-refractivity contribution in [3.63, 3.8) is 0 Å². The van der Waals surface area contributed by atoms with Crippen LogP contribution in [0.5, 0.6) is 11.6 Å². The zero-order chi connectivity index (χ0) is 23.9. The molecule has 5 rings (SSSR count). The SMILES string of the molecule is Cc1ccc(S(=O)(=O)n2ccc(Cn3nc(Oc4cccc(Cl)c4)c4c(N)ncnc43)c2)cc1. The topological polar surface area (TPSA) is 118 Å². The summed E-state index contributed by atoms with van der Waals surface area (Å²) in [7, 11) is -3.71. The van der Waals surface area contributed by atoms with Crippen LogP contribution in [0.3, 0.4) is 0 Å². The molecule has 2 N–H and O–H groups in total. The fraction of sp³-hybridized carbons (Fsp3) is 0.0870. The first kappa shape index (κ1) is 21.9. The van der Waals surface area contributed by atoms with Gasteiger partial charge < -0.3 is 10.5 Å². The second-order valence-corrected chi connectivity index (χ2v) is 9.93. The van der Waals surface area contributed by atoms with E-state index in [4.69, 9.17) is 22.1 Å². The summed E-state index contributed by atoms with van der Waals surface area (Å²) in [6, 6.07) is 15.3. The van der Waals surface area contributed by atoms with Crippen molar-refractivity contribution in [1.29, 1.82) is 0 Å². The minimum absolute atomic E-state index is 0.211. The minimum atomic E-state index is -3.71. The van der Waals surface area contributed by atoms with Crippen LogP contribution in [0, 0.1) is 6.92 Å². The number of benzene rings is 2. The van der Waals surface area contributed by atoms with E-state index in [1.54, 1.807) is 65.5 Å². The number of nitrogens with zero attached hydrogens (tertiary/aromatic N) is 5. The molecule has 0 aliphatic heterocycles. The monoisotopic (exact) mass is 494 g/mol. The van der Waals surface area contributed by atoms with Crippen LogP contribution in [-0.4, -0.2) is 32.1 Å². The van der Waals surface area contributed by atoms with Gasteiger partial charge in [0.1, 0.15) is 23.3 Å². The highest BCUT2D eigenvalue weighted by molar-refractivity contribution is 7.90. The quantitative estimate of drug-likeness (QED) is 0.375. The van der Waals surface area contributed by atoms with E-state index in [1.165, 1.54) is 16.5 Å². The van der Waals surface area contributed by atoms with Crippen molar-refractivity contribution < 1.29 is 13.2 Å². The van der Waals surface area contributed by atoms with Gasteiger partial charge in [-0.25, -0.2) is 27.0 Å². The van der Waals surface area contributed by atoms with Gasteiger partial charge in [-0.1, -0.05) is 35.4 Å². The van der Waals surface area contributed by atoms with Crippen molar-refractivity contribution in [2.45, 2.75) is 18.4 Å². The van der Waals surface area contributed by atoms with Crippen molar-refractivity contribution in [3.8, 4) is 11.6 Å². The number of anilines is 1. The molecule has 0 saturated carbocycles. The average Bonchev–Trinajstić information content (AvgIpc) is 3.41. The molecule has 0 spiro atoms. The Balaban J connectivity index is 1.49. The molecular weight excluding hydrogens is 476 g/mol. The van der Waals surface area contributed by atoms with Crippen LogP contribution in [0.4, 0.5) is 5.82 Å². The number of aryl methyl sites for hydroxylation is 1. The molecule has 0 saturated heterocycles. The molecule has 5 aromatic rings. The van der Waals surface area contributed by atoms with E-state index in [1.807, 2.05) is 6.92 Å². The summed E-state index contributed by atoms with van der Waals surface area (Å²) in [6.07, 6.45) is 4.39. The van der Waals surface area contributed by atoms with Crippen LogP contribution in [-0.2, 0) is 16.6 Å². The van der Waals surface area contributed by atoms with Gasteiger partial charge in [-0.05, 0) is 48.9 Å². The van der Waals surface area contributed by atoms with Crippen molar-refractivity contribution in [1.82, 2.24) is 23.7 Å². The van der Waals surface area contributed by atoms with Crippen molar-refractivity contribution in [2.24, 2.45) is 0 Å². The van der Waals surface area contributed by atoms with Gasteiger partial charge in [0.25, 0.3) is 15.9 Å². The maximum atomic E-state index is 13.0. The molecule has 0 bridgehead atoms. The Morgan fingerprint density at radius 2 is 1.88 bits per heavy atom. The van der Waals surface area contributed by atoms with Gasteiger partial charge >= 0.3 is 0 Å². The molecular formula is C23H19ClN6O3S. The molecule has 0 aliphatic rings. The molecule has 9 nitrogen and oxygen atoms in total. The number of nitrogens with two attached hydrogens (primary N) is 1. The van der Waals surface area contributed by atoms with Gasteiger partial charge in [0.05, 0.1) is 11.4 Å². The van der Waals surface area contributed by atoms with Crippen LogP contribution < -0.4 is 10.5 Å². The number of nitrogen functional groups attached to an aromatic ring is 1. The predicted molar refractivity (Wildman–Crippen MR) is 129 cm³/mol. The summed E-state index contributed by atoms with van der Waals surface area (Å²) in [4.78, 5) is 8.57. The molecule has 2 aromatic carbocycles. The van der Waals surface area contributed by atoms with Crippen molar-refractivity contribution >= 4 is 38.5 Å². The number of hydrogen-bond donors (Lipinski definition) is 1. The zero-order valence-electron chi connectivity index (χ0n) is 18.0. The summed E-state index contributed by atoms with van der Waals surface area (Å²) in [5.41, 5.74) is 8.23. The Hall–Kier alpha value is -3.89. The molecule has 34 heavy (non-hydrogen) atoms. The van der Waals surface area contributed by atoms with E-state index >= 15 is 0 Å². The molecule has 0 unspecified atom stereocenters. The highest BCUT2D eigenvalue weighted by atomic mass is 35.5. The summed E-state index contributed by atoms with van der Waals surface area (Å²) in [6.45, 7) is 2.14. The third-order valence-electron chi connectivity index (χ3n) is 5.19. The first-order valence-corrected chi connectivity index (χ1v) is 12.0. The normalized spacial score (nSPS) is 11.7. The molecule has 0 atom stereocenters. The van der Waals surface area contributed by atoms with Crippen LogP contribution in [0.1, 0.15) is 11.1 Å². The summed E-state index contributed by atoms with van der Waals surface area (Å²) in [5, 5.41) is 5.49. The number of hydrogen-bond acceptors (Lipinski definition) is 7. The van der Waals surface area contributed by atoms with E-state index in [-0.39, 0.29) is 23.1 Å². The Bertz CT molecular complexity index is 1610. The standard InChI is InChI=1S/C23H19ClN6O3S/c1-15-5-7-19(8-6-15)34(31,32)29-10-9-16(12-29)13-30-22-20(21(25)26-14-27-22)23(28-30)33-18-4-2-3-17(24)11-18/h2-12,14H,13H2,1H3,(H2,25,26,27). The van der Waals surface area contributed by atoms with Crippen LogP contribution >= 0.6 is 11.6 Å². The van der Waals surface area contributed by atoms with Gasteiger partial charge in [-0.3, -0.25) is 0 Å². The van der Waals surface area contributed by atoms with Crippen molar-refractivity contribution in [3.05, 3.63) is 89.5 Å². The van der Waals surface area contributed by atoms with Gasteiger partial charge in [0.15, 0.2) is 5.65 Å². The largest absolute Gasteiger partial charge is 0.437 e. The number of aromatic nitrogens is 5. The fourth-order valence-corrected chi connectivity index (χ4v) is 4.89. The van der Waals surface area contributed by atoms with E-state index in [0.717, 1.165) is 5.56 Å².